The Hall–Kier alpha value is -4.15. The molecule has 3 rings (SSSR count). The van der Waals surface area contributed by atoms with Gasteiger partial charge in [0.2, 0.25) is 0 Å². The second-order valence-electron chi connectivity index (χ2n) is 7.54. The van der Waals surface area contributed by atoms with Crippen LogP contribution in [-0.2, 0) is 25.4 Å². The minimum Gasteiger partial charge on any atom is -0.489 e. The van der Waals surface area contributed by atoms with Crippen molar-refractivity contribution in [1.29, 1.82) is 0 Å². The van der Waals surface area contributed by atoms with E-state index in [0.717, 1.165) is 23.3 Å². The van der Waals surface area contributed by atoms with E-state index in [9.17, 15) is 14.4 Å². The fourth-order valence-electron chi connectivity index (χ4n) is 3.61. The van der Waals surface area contributed by atoms with E-state index in [1.165, 1.54) is 35.8 Å². The SMILES string of the molecule is C=CCOc1cc(N(CC)CC)ccc1C=NNC(=O)Cn1cnc2c(=O)n(C)c(=O)n(C)c21. The molecule has 0 radical (unpaired) electrons. The average molecular weight is 468 g/mol. The third-order valence-corrected chi connectivity index (χ3v) is 5.40. The van der Waals surface area contributed by atoms with Gasteiger partial charge in [0, 0.05) is 44.5 Å². The Morgan fingerprint density at radius 2 is 1.97 bits per heavy atom. The summed E-state index contributed by atoms with van der Waals surface area (Å²) < 4.78 is 9.46. The van der Waals surface area contributed by atoms with Crippen LogP contribution in [0, 0.1) is 0 Å². The minimum atomic E-state index is -0.518. The first kappa shape index (κ1) is 24.5. The quantitative estimate of drug-likeness (QED) is 0.270. The molecule has 0 aliphatic rings. The summed E-state index contributed by atoms with van der Waals surface area (Å²) in [5.74, 6) is 0.172. The molecule has 1 amide bonds. The van der Waals surface area contributed by atoms with Crippen molar-refractivity contribution >= 4 is 29.0 Å². The number of ether oxygens (including phenoxy) is 1. The van der Waals surface area contributed by atoms with Gasteiger partial charge in [0.25, 0.3) is 11.5 Å². The number of aryl methyl sites for hydroxylation is 1. The fraction of sp³-hybridized carbons (Fsp3) is 0.348. The zero-order valence-corrected chi connectivity index (χ0v) is 19.8. The summed E-state index contributed by atoms with van der Waals surface area (Å²) in [5, 5.41) is 4.05. The van der Waals surface area contributed by atoms with Crippen LogP contribution in [0.1, 0.15) is 19.4 Å². The van der Waals surface area contributed by atoms with Gasteiger partial charge in [0.1, 0.15) is 24.5 Å². The minimum absolute atomic E-state index is 0.109. The Morgan fingerprint density at radius 1 is 1.24 bits per heavy atom. The number of imidazole rings is 1. The number of carbonyl (C=O) groups is 1. The van der Waals surface area contributed by atoms with Crippen molar-refractivity contribution in [2.45, 2.75) is 20.4 Å². The van der Waals surface area contributed by atoms with Crippen LogP contribution in [0.15, 0.2) is 51.9 Å². The molecular formula is C23H29N7O4. The Kier molecular flexibility index (Phi) is 7.67. The Bertz CT molecular complexity index is 1350. The van der Waals surface area contributed by atoms with Crippen LogP contribution in [0.2, 0.25) is 0 Å². The van der Waals surface area contributed by atoms with Gasteiger partial charge in [-0.3, -0.25) is 18.7 Å². The molecular weight excluding hydrogens is 438 g/mol. The Balaban J connectivity index is 1.78. The zero-order chi connectivity index (χ0) is 24.8. The molecule has 2 aromatic heterocycles. The maximum absolute atomic E-state index is 12.5. The molecule has 0 spiro atoms. The molecule has 1 N–H and O–H groups in total. The summed E-state index contributed by atoms with van der Waals surface area (Å²) in [6.07, 6.45) is 4.50. The van der Waals surface area contributed by atoms with Gasteiger partial charge >= 0.3 is 5.69 Å². The van der Waals surface area contributed by atoms with E-state index in [4.69, 9.17) is 4.74 Å². The van der Waals surface area contributed by atoms with Crippen molar-refractivity contribution in [3.63, 3.8) is 0 Å². The van der Waals surface area contributed by atoms with Gasteiger partial charge in [-0.25, -0.2) is 15.2 Å². The van der Waals surface area contributed by atoms with E-state index in [-0.39, 0.29) is 17.7 Å². The second-order valence-corrected chi connectivity index (χ2v) is 7.54. The zero-order valence-electron chi connectivity index (χ0n) is 19.8. The maximum atomic E-state index is 12.5. The monoisotopic (exact) mass is 467 g/mol. The standard InChI is InChI=1S/C23H29N7O4/c1-6-11-34-18-12-17(29(7-2)8-3)10-9-16(18)13-25-26-19(31)14-30-15-24-20-21(30)27(4)23(33)28(5)22(20)32/h6,9-10,12-13,15H,1,7-8,11,14H2,2-5H3,(H,26,31). The highest BCUT2D eigenvalue weighted by molar-refractivity contribution is 5.86. The number of aromatic nitrogens is 4. The first-order chi connectivity index (χ1) is 16.3. The number of nitrogens with one attached hydrogen (secondary N) is 1. The van der Waals surface area contributed by atoms with Crippen LogP contribution in [0.3, 0.4) is 0 Å². The van der Waals surface area contributed by atoms with E-state index in [2.05, 4.69) is 40.8 Å². The summed E-state index contributed by atoms with van der Waals surface area (Å²) in [6.45, 7) is 9.73. The van der Waals surface area contributed by atoms with Crippen molar-refractivity contribution in [2.24, 2.45) is 19.2 Å². The third-order valence-electron chi connectivity index (χ3n) is 5.40. The molecule has 11 heteroatoms. The molecule has 2 heterocycles. The number of carbonyl (C=O) groups excluding carboxylic acids is 1. The topological polar surface area (TPSA) is 116 Å². The van der Waals surface area contributed by atoms with Gasteiger partial charge in [-0.05, 0) is 26.0 Å². The number of hydrogen-bond donors (Lipinski definition) is 1. The Labute approximate surface area is 196 Å². The number of benzene rings is 1. The molecule has 0 bridgehead atoms. The fourth-order valence-corrected chi connectivity index (χ4v) is 3.61. The highest BCUT2D eigenvalue weighted by atomic mass is 16.5. The number of rotatable bonds is 10. The van der Waals surface area contributed by atoms with Crippen LogP contribution in [0.5, 0.6) is 5.75 Å². The molecule has 0 aliphatic heterocycles. The molecule has 1 aromatic carbocycles. The van der Waals surface area contributed by atoms with Crippen LogP contribution in [-0.4, -0.2) is 50.5 Å². The summed E-state index contributed by atoms with van der Waals surface area (Å²) in [7, 11) is 2.90. The van der Waals surface area contributed by atoms with Crippen LogP contribution in [0.25, 0.3) is 11.2 Å². The lowest BCUT2D eigenvalue weighted by Crippen LogP contribution is -2.37. The predicted octanol–water partition coefficient (Wildman–Crippen LogP) is 0.995. The number of hydrazone groups is 1. The van der Waals surface area contributed by atoms with Crippen molar-refractivity contribution in [2.75, 3.05) is 24.6 Å². The van der Waals surface area contributed by atoms with Crippen LogP contribution < -0.4 is 26.3 Å². The summed E-state index contributed by atoms with van der Waals surface area (Å²) in [6, 6.07) is 5.77. The highest BCUT2D eigenvalue weighted by Gasteiger charge is 2.15. The number of fused-ring (bicyclic) bond motifs is 1. The molecule has 11 nitrogen and oxygen atoms in total. The number of anilines is 1. The lowest BCUT2D eigenvalue weighted by molar-refractivity contribution is -0.121. The number of hydrogen-bond acceptors (Lipinski definition) is 7. The average Bonchev–Trinajstić information content (AvgIpc) is 3.25. The Morgan fingerprint density at radius 3 is 2.65 bits per heavy atom. The maximum Gasteiger partial charge on any atom is 0.332 e. The molecule has 0 saturated heterocycles. The van der Waals surface area contributed by atoms with Crippen LogP contribution in [0.4, 0.5) is 5.69 Å². The molecule has 180 valence electrons. The van der Waals surface area contributed by atoms with Gasteiger partial charge in [0.05, 0.1) is 12.5 Å². The smallest absolute Gasteiger partial charge is 0.332 e. The van der Waals surface area contributed by atoms with E-state index >= 15 is 0 Å². The van der Waals surface area contributed by atoms with Crippen molar-refractivity contribution < 1.29 is 9.53 Å². The lowest BCUT2D eigenvalue weighted by Gasteiger charge is -2.22. The van der Waals surface area contributed by atoms with E-state index < -0.39 is 17.2 Å². The van der Waals surface area contributed by atoms with Crippen molar-refractivity contribution in [1.82, 2.24) is 24.1 Å². The molecule has 0 fully saturated rings. The molecule has 0 aliphatic carbocycles. The third kappa shape index (κ3) is 4.92. The number of amides is 1. The van der Waals surface area contributed by atoms with Crippen molar-refractivity contribution in [3.05, 3.63) is 63.6 Å². The van der Waals surface area contributed by atoms with Crippen LogP contribution >= 0.6 is 0 Å². The molecule has 3 aromatic rings. The van der Waals surface area contributed by atoms with Gasteiger partial charge in [-0.2, -0.15) is 5.10 Å². The van der Waals surface area contributed by atoms with Gasteiger partial charge in [-0.15, -0.1) is 0 Å². The number of nitrogens with zero attached hydrogens (tertiary/aromatic N) is 6. The van der Waals surface area contributed by atoms with E-state index in [0.29, 0.717) is 17.9 Å². The lowest BCUT2D eigenvalue weighted by atomic mass is 10.2. The molecule has 0 saturated carbocycles. The summed E-state index contributed by atoms with van der Waals surface area (Å²) >= 11 is 0. The molecule has 0 atom stereocenters. The van der Waals surface area contributed by atoms with Gasteiger partial charge in [-0.1, -0.05) is 12.7 Å². The molecule has 34 heavy (non-hydrogen) atoms. The first-order valence-electron chi connectivity index (χ1n) is 10.9. The highest BCUT2D eigenvalue weighted by Crippen LogP contribution is 2.25. The predicted molar refractivity (Wildman–Crippen MR) is 132 cm³/mol. The van der Waals surface area contributed by atoms with E-state index in [1.54, 1.807) is 6.08 Å². The summed E-state index contributed by atoms with van der Waals surface area (Å²) in [4.78, 5) is 43.2. The first-order valence-corrected chi connectivity index (χ1v) is 10.9. The van der Waals surface area contributed by atoms with Crippen molar-refractivity contribution in [3.8, 4) is 5.75 Å². The van der Waals surface area contributed by atoms with E-state index in [1.807, 2.05) is 18.2 Å². The molecule has 0 unspecified atom stereocenters. The summed E-state index contributed by atoms with van der Waals surface area (Å²) in [5.41, 5.74) is 3.53. The van der Waals surface area contributed by atoms with Gasteiger partial charge < -0.3 is 14.2 Å². The van der Waals surface area contributed by atoms with Gasteiger partial charge in [0.15, 0.2) is 5.52 Å². The normalized spacial score (nSPS) is 11.2. The largest absolute Gasteiger partial charge is 0.489 e. The second kappa shape index (κ2) is 10.6.